The van der Waals surface area contributed by atoms with Gasteiger partial charge in [-0.3, -0.25) is 14.7 Å². The van der Waals surface area contributed by atoms with Crippen LogP contribution < -0.4 is 16.0 Å². The van der Waals surface area contributed by atoms with Crippen LogP contribution in [-0.2, 0) is 9.53 Å². The molecule has 0 spiro atoms. The molecule has 3 aliphatic rings. The number of fused-ring (bicyclic) bond motifs is 2. The minimum atomic E-state index is 0. The van der Waals surface area contributed by atoms with Crippen molar-refractivity contribution in [3.05, 3.63) is 29.8 Å². The van der Waals surface area contributed by atoms with Gasteiger partial charge in [-0.2, -0.15) is 0 Å². The molecule has 160 valence electrons. The van der Waals surface area contributed by atoms with Gasteiger partial charge in [-0.15, -0.1) is 24.0 Å². The van der Waals surface area contributed by atoms with Crippen molar-refractivity contribution in [2.24, 2.45) is 4.99 Å². The summed E-state index contributed by atoms with van der Waals surface area (Å²) in [6.45, 7) is 7.19. The van der Waals surface area contributed by atoms with Crippen molar-refractivity contribution < 1.29 is 9.53 Å². The fraction of sp³-hybridized carbons (Fsp3) is 0.619. The van der Waals surface area contributed by atoms with Gasteiger partial charge in [0.15, 0.2) is 5.96 Å². The second-order valence-corrected chi connectivity index (χ2v) is 7.88. The van der Waals surface area contributed by atoms with Crippen LogP contribution >= 0.6 is 24.0 Å². The number of halogens is 1. The molecule has 1 aromatic carbocycles. The molecule has 3 N–H and O–H groups in total. The standard InChI is InChI=1S/C21H31N5O2.HI/c1-2-22-21(24-12-17-13-26-9-5-6-16(26)14-28-17)23-11-15-10-20(27)25-19-8-4-3-7-18(15)19;/h3-4,7-8,15-17H,2,5-6,9-14H2,1H3,(H,25,27)(H2,22,23,24);1H. The summed E-state index contributed by atoms with van der Waals surface area (Å²) in [6, 6.07) is 8.65. The zero-order chi connectivity index (χ0) is 19.3. The van der Waals surface area contributed by atoms with Gasteiger partial charge in [0, 0.05) is 43.7 Å². The number of hydrogen-bond donors (Lipinski definition) is 3. The molecule has 3 aliphatic heterocycles. The van der Waals surface area contributed by atoms with Crippen LogP contribution in [0.1, 0.15) is 37.7 Å². The average Bonchev–Trinajstić information content (AvgIpc) is 3.17. The number of carbonyl (C=O) groups is 1. The maximum Gasteiger partial charge on any atom is 0.225 e. The molecule has 2 saturated heterocycles. The summed E-state index contributed by atoms with van der Waals surface area (Å²) < 4.78 is 6.02. The molecule has 8 heteroatoms. The summed E-state index contributed by atoms with van der Waals surface area (Å²) in [5, 5.41) is 9.70. The molecule has 0 radical (unpaired) electrons. The van der Waals surface area contributed by atoms with Crippen LogP contribution in [-0.4, -0.2) is 68.2 Å². The molecule has 2 fully saturated rings. The lowest BCUT2D eigenvalue weighted by atomic mass is 9.90. The molecule has 1 aromatic rings. The zero-order valence-corrected chi connectivity index (χ0v) is 19.4. The van der Waals surface area contributed by atoms with E-state index in [1.165, 1.54) is 24.9 Å². The first kappa shape index (κ1) is 22.3. The number of morpholine rings is 1. The van der Waals surface area contributed by atoms with Crippen LogP contribution in [0, 0.1) is 0 Å². The lowest BCUT2D eigenvalue weighted by molar-refractivity contribution is -0.116. The number of para-hydroxylation sites is 1. The maximum atomic E-state index is 12.0. The highest BCUT2D eigenvalue weighted by Gasteiger charge is 2.32. The van der Waals surface area contributed by atoms with Gasteiger partial charge < -0.3 is 20.7 Å². The van der Waals surface area contributed by atoms with E-state index in [-0.39, 0.29) is 41.9 Å². The van der Waals surface area contributed by atoms with Gasteiger partial charge in [-0.25, -0.2) is 0 Å². The van der Waals surface area contributed by atoms with Crippen LogP contribution in [0.2, 0.25) is 0 Å². The third kappa shape index (κ3) is 5.61. The number of carbonyl (C=O) groups excluding carboxylic acids is 1. The second-order valence-electron chi connectivity index (χ2n) is 7.88. The molecular weight excluding hydrogens is 481 g/mol. The molecule has 0 aliphatic carbocycles. The number of guanidine groups is 1. The molecule has 1 amide bonds. The molecule has 0 aromatic heterocycles. The molecule has 7 nitrogen and oxygen atoms in total. The first-order valence-corrected chi connectivity index (χ1v) is 10.5. The van der Waals surface area contributed by atoms with E-state index in [4.69, 9.17) is 9.73 Å². The minimum Gasteiger partial charge on any atom is -0.373 e. The van der Waals surface area contributed by atoms with E-state index in [1.807, 2.05) is 18.2 Å². The number of anilines is 1. The number of ether oxygens (including phenoxy) is 1. The lowest BCUT2D eigenvalue weighted by Gasteiger charge is -2.34. The number of nitrogens with zero attached hydrogens (tertiary/aromatic N) is 2. The Morgan fingerprint density at radius 2 is 2.21 bits per heavy atom. The van der Waals surface area contributed by atoms with Crippen LogP contribution in [0.4, 0.5) is 5.69 Å². The summed E-state index contributed by atoms with van der Waals surface area (Å²) in [5.41, 5.74) is 2.10. The first-order chi connectivity index (χ1) is 13.7. The molecule has 0 bridgehead atoms. The van der Waals surface area contributed by atoms with Crippen molar-refractivity contribution in [2.75, 3.05) is 44.6 Å². The van der Waals surface area contributed by atoms with Crippen LogP contribution in [0.3, 0.4) is 0 Å². The summed E-state index contributed by atoms with van der Waals surface area (Å²) >= 11 is 0. The maximum absolute atomic E-state index is 12.0. The van der Waals surface area contributed by atoms with Crippen molar-refractivity contribution in [2.45, 2.75) is 44.2 Å². The Morgan fingerprint density at radius 1 is 1.34 bits per heavy atom. The largest absolute Gasteiger partial charge is 0.373 e. The van der Waals surface area contributed by atoms with E-state index < -0.39 is 0 Å². The monoisotopic (exact) mass is 513 g/mol. The van der Waals surface area contributed by atoms with Gasteiger partial charge in [-0.05, 0) is 37.9 Å². The molecule has 3 atom stereocenters. The molecule has 3 unspecified atom stereocenters. The molecule has 29 heavy (non-hydrogen) atoms. The Balaban J connectivity index is 0.00000240. The second kappa shape index (κ2) is 10.6. The fourth-order valence-electron chi connectivity index (χ4n) is 4.43. The normalized spacial score (nSPS) is 26.7. The van der Waals surface area contributed by atoms with Gasteiger partial charge in [-0.1, -0.05) is 18.2 Å². The summed E-state index contributed by atoms with van der Waals surface area (Å²) in [4.78, 5) is 19.3. The Bertz CT molecular complexity index is 729. The Labute approximate surface area is 190 Å². The zero-order valence-electron chi connectivity index (χ0n) is 17.0. The summed E-state index contributed by atoms with van der Waals surface area (Å²) in [5.74, 6) is 1.01. The minimum absolute atomic E-state index is 0. The average molecular weight is 513 g/mol. The topological polar surface area (TPSA) is 78.0 Å². The van der Waals surface area contributed by atoms with Crippen LogP contribution in [0.5, 0.6) is 0 Å². The van der Waals surface area contributed by atoms with Crippen LogP contribution in [0.25, 0.3) is 0 Å². The summed E-state index contributed by atoms with van der Waals surface area (Å²) in [7, 11) is 0. The van der Waals surface area contributed by atoms with E-state index in [0.717, 1.165) is 31.3 Å². The highest BCUT2D eigenvalue weighted by molar-refractivity contribution is 14.0. The molecule has 3 heterocycles. The van der Waals surface area contributed by atoms with Crippen LogP contribution in [0.15, 0.2) is 29.3 Å². The fourth-order valence-corrected chi connectivity index (χ4v) is 4.43. The Morgan fingerprint density at radius 3 is 3.07 bits per heavy atom. The highest BCUT2D eigenvalue weighted by Crippen LogP contribution is 2.31. The van der Waals surface area contributed by atoms with Gasteiger partial charge in [0.25, 0.3) is 0 Å². The van der Waals surface area contributed by atoms with E-state index in [9.17, 15) is 4.79 Å². The van der Waals surface area contributed by atoms with Gasteiger partial charge >= 0.3 is 0 Å². The van der Waals surface area contributed by atoms with Crippen molar-refractivity contribution in [3.8, 4) is 0 Å². The van der Waals surface area contributed by atoms with E-state index >= 15 is 0 Å². The quantitative estimate of drug-likeness (QED) is 0.320. The highest BCUT2D eigenvalue weighted by atomic mass is 127. The van der Waals surface area contributed by atoms with E-state index in [2.05, 4.69) is 33.8 Å². The first-order valence-electron chi connectivity index (χ1n) is 10.5. The third-order valence-corrected chi connectivity index (χ3v) is 5.88. The Kier molecular flexibility index (Phi) is 8.14. The van der Waals surface area contributed by atoms with Gasteiger partial charge in [0.05, 0.1) is 19.3 Å². The van der Waals surface area contributed by atoms with Gasteiger partial charge in [0.1, 0.15) is 0 Å². The van der Waals surface area contributed by atoms with Crippen molar-refractivity contribution in [1.82, 2.24) is 15.5 Å². The van der Waals surface area contributed by atoms with E-state index in [1.54, 1.807) is 0 Å². The van der Waals surface area contributed by atoms with Crippen molar-refractivity contribution >= 4 is 41.5 Å². The molecular formula is C21H32IN5O2. The van der Waals surface area contributed by atoms with Crippen molar-refractivity contribution in [1.29, 1.82) is 0 Å². The predicted octanol–water partition coefficient (Wildman–Crippen LogP) is 2.15. The molecule has 0 saturated carbocycles. The van der Waals surface area contributed by atoms with Gasteiger partial charge in [0.2, 0.25) is 5.91 Å². The number of aliphatic imine (C=N–C) groups is 1. The number of nitrogens with one attached hydrogen (secondary N) is 3. The lowest BCUT2D eigenvalue weighted by Crippen LogP contribution is -2.47. The number of rotatable bonds is 5. The van der Waals surface area contributed by atoms with E-state index in [0.29, 0.717) is 25.6 Å². The predicted molar refractivity (Wildman–Crippen MR) is 126 cm³/mol. The molecule has 4 rings (SSSR count). The number of hydrogen-bond acceptors (Lipinski definition) is 4. The number of amides is 1. The SMILES string of the molecule is CCNC(=NCC1CN2CCCC2CO1)NCC1CC(=O)Nc2ccccc21.I. The summed E-state index contributed by atoms with van der Waals surface area (Å²) in [6.07, 6.45) is 3.19. The van der Waals surface area contributed by atoms with Crippen molar-refractivity contribution in [3.63, 3.8) is 0 Å². The Hall–Kier alpha value is -1.39. The smallest absolute Gasteiger partial charge is 0.225 e. The third-order valence-electron chi connectivity index (χ3n) is 5.88. The number of benzene rings is 1.